The van der Waals surface area contributed by atoms with E-state index in [0.717, 1.165) is 38.6 Å². The van der Waals surface area contributed by atoms with E-state index in [1.165, 1.54) is 32.4 Å². The maximum atomic E-state index is 10.8. The van der Waals surface area contributed by atoms with E-state index in [-0.39, 0.29) is 6.54 Å². The predicted molar refractivity (Wildman–Crippen MR) is 73.3 cm³/mol. The topological polar surface area (TPSA) is 47.0 Å². The molecule has 2 heterocycles. The molecule has 5 heteroatoms. The van der Waals surface area contributed by atoms with Gasteiger partial charge in [-0.3, -0.25) is 19.5 Å². The first kappa shape index (κ1) is 13.3. The van der Waals surface area contributed by atoms with Crippen molar-refractivity contribution in [3.05, 3.63) is 0 Å². The largest absolute Gasteiger partial charge is 0.480 e. The van der Waals surface area contributed by atoms with Crippen molar-refractivity contribution in [2.24, 2.45) is 0 Å². The highest BCUT2D eigenvalue weighted by atomic mass is 16.4. The van der Waals surface area contributed by atoms with Crippen LogP contribution in [0.3, 0.4) is 0 Å². The van der Waals surface area contributed by atoms with E-state index in [0.29, 0.717) is 6.04 Å². The third-order valence-electron chi connectivity index (χ3n) is 4.76. The zero-order valence-electron chi connectivity index (χ0n) is 11.6. The monoisotopic (exact) mass is 267 g/mol. The summed E-state index contributed by atoms with van der Waals surface area (Å²) in [7, 11) is 0. The average Bonchev–Trinajstić information content (AvgIpc) is 3.14. The summed E-state index contributed by atoms with van der Waals surface area (Å²) in [4.78, 5) is 18.1. The second-order valence-corrected chi connectivity index (χ2v) is 6.23. The van der Waals surface area contributed by atoms with Crippen LogP contribution in [0, 0.1) is 0 Å². The Kier molecular flexibility index (Phi) is 4.05. The number of carboxylic acids is 1. The molecule has 0 radical (unpaired) electrons. The second-order valence-electron chi connectivity index (χ2n) is 6.23. The van der Waals surface area contributed by atoms with Gasteiger partial charge in [-0.2, -0.15) is 0 Å². The fourth-order valence-electron chi connectivity index (χ4n) is 3.54. The molecule has 0 aromatic carbocycles. The lowest BCUT2D eigenvalue weighted by Crippen LogP contribution is -2.40. The van der Waals surface area contributed by atoms with Crippen molar-refractivity contribution < 1.29 is 9.90 Å². The van der Waals surface area contributed by atoms with Crippen LogP contribution in [-0.4, -0.2) is 83.7 Å². The number of aliphatic carboxylic acids is 1. The number of nitrogens with zero attached hydrogens (tertiary/aromatic N) is 3. The van der Waals surface area contributed by atoms with Gasteiger partial charge in [0, 0.05) is 44.8 Å². The van der Waals surface area contributed by atoms with E-state index < -0.39 is 5.97 Å². The Morgan fingerprint density at radius 1 is 0.947 bits per heavy atom. The van der Waals surface area contributed by atoms with Crippen molar-refractivity contribution in [1.82, 2.24) is 14.7 Å². The fraction of sp³-hybridized carbons (Fsp3) is 0.929. The summed E-state index contributed by atoms with van der Waals surface area (Å²) in [6.45, 7) is 6.73. The number of hydrogen-bond donors (Lipinski definition) is 1. The maximum Gasteiger partial charge on any atom is 0.317 e. The van der Waals surface area contributed by atoms with Crippen LogP contribution in [0.15, 0.2) is 0 Å². The Balaban J connectivity index is 1.48. The second kappa shape index (κ2) is 5.77. The van der Waals surface area contributed by atoms with Crippen molar-refractivity contribution in [2.45, 2.75) is 37.8 Å². The van der Waals surface area contributed by atoms with Crippen molar-refractivity contribution in [3.63, 3.8) is 0 Å². The molecule has 108 valence electrons. The quantitative estimate of drug-likeness (QED) is 0.794. The Morgan fingerprint density at radius 2 is 1.79 bits per heavy atom. The maximum absolute atomic E-state index is 10.8. The molecule has 0 bridgehead atoms. The zero-order chi connectivity index (χ0) is 13.2. The van der Waals surface area contributed by atoms with Gasteiger partial charge in [0.2, 0.25) is 0 Å². The number of hydrogen-bond acceptors (Lipinski definition) is 4. The lowest BCUT2D eigenvalue weighted by Gasteiger charge is -2.27. The summed E-state index contributed by atoms with van der Waals surface area (Å²) in [6.07, 6.45) is 5.21. The van der Waals surface area contributed by atoms with Gasteiger partial charge in [-0.05, 0) is 32.2 Å². The van der Waals surface area contributed by atoms with Crippen LogP contribution in [0.5, 0.6) is 0 Å². The highest BCUT2D eigenvalue weighted by Crippen LogP contribution is 2.31. The fourth-order valence-corrected chi connectivity index (χ4v) is 3.54. The SMILES string of the molecule is O=C(O)CN1CCCN(C2CCN(C3CC3)C2)CC1. The molecule has 19 heavy (non-hydrogen) atoms. The van der Waals surface area contributed by atoms with Gasteiger partial charge in [0.25, 0.3) is 0 Å². The highest BCUT2D eigenvalue weighted by Gasteiger charge is 2.36. The van der Waals surface area contributed by atoms with Crippen molar-refractivity contribution in [1.29, 1.82) is 0 Å². The minimum absolute atomic E-state index is 0.201. The van der Waals surface area contributed by atoms with E-state index in [2.05, 4.69) is 14.7 Å². The third-order valence-corrected chi connectivity index (χ3v) is 4.76. The summed E-state index contributed by atoms with van der Waals surface area (Å²) in [5, 5.41) is 8.88. The molecule has 0 spiro atoms. The van der Waals surface area contributed by atoms with Crippen LogP contribution in [0.4, 0.5) is 0 Å². The highest BCUT2D eigenvalue weighted by molar-refractivity contribution is 5.69. The summed E-state index contributed by atoms with van der Waals surface area (Å²) >= 11 is 0. The van der Waals surface area contributed by atoms with Gasteiger partial charge < -0.3 is 5.11 Å². The van der Waals surface area contributed by atoms with Crippen LogP contribution in [0.2, 0.25) is 0 Å². The van der Waals surface area contributed by atoms with Gasteiger partial charge >= 0.3 is 5.97 Å². The van der Waals surface area contributed by atoms with Gasteiger partial charge in [-0.15, -0.1) is 0 Å². The molecule has 2 aliphatic heterocycles. The van der Waals surface area contributed by atoms with E-state index in [1.807, 2.05) is 0 Å². The molecule has 1 saturated carbocycles. The molecule has 0 aromatic rings. The molecule has 3 fully saturated rings. The van der Waals surface area contributed by atoms with Crippen molar-refractivity contribution in [2.75, 3.05) is 45.8 Å². The smallest absolute Gasteiger partial charge is 0.317 e. The summed E-state index contributed by atoms with van der Waals surface area (Å²) in [5.41, 5.74) is 0. The minimum Gasteiger partial charge on any atom is -0.480 e. The van der Waals surface area contributed by atoms with E-state index >= 15 is 0 Å². The molecular formula is C14H25N3O2. The number of likely N-dealkylation sites (tertiary alicyclic amines) is 1. The molecule has 0 amide bonds. The van der Waals surface area contributed by atoms with E-state index in [9.17, 15) is 4.79 Å². The summed E-state index contributed by atoms with van der Waals surface area (Å²) in [6, 6.07) is 1.60. The molecule has 0 aromatic heterocycles. The normalized spacial score (nSPS) is 31.5. The summed E-state index contributed by atoms with van der Waals surface area (Å²) < 4.78 is 0. The Hall–Kier alpha value is -0.650. The lowest BCUT2D eigenvalue weighted by atomic mass is 10.2. The van der Waals surface area contributed by atoms with E-state index in [1.54, 1.807) is 0 Å². The Labute approximate surface area is 115 Å². The van der Waals surface area contributed by atoms with Gasteiger partial charge in [-0.1, -0.05) is 0 Å². The molecule has 3 aliphatic rings. The summed E-state index contributed by atoms with van der Waals surface area (Å²) in [5.74, 6) is -0.700. The number of carboxylic acid groups (broad SMARTS) is 1. The number of carbonyl (C=O) groups is 1. The Bertz CT molecular complexity index is 333. The van der Waals surface area contributed by atoms with Gasteiger partial charge in [-0.25, -0.2) is 0 Å². The molecule has 1 atom stereocenters. The van der Waals surface area contributed by atoms with Crippen molar-refractivity contribution in [3.8, 4) is 0 Å². The molecule has 2 saturated heterocycles. The molecule has 1 aliphatic carbocycles. The molecule has 5 nitrogen and oxygen atoms in total. The zero-order valence-corrected chi connectivity index (χ0v) is 11.6. The lowest BCUT2D eigenvalue weighted by molar-refractivity contribution is -0.138. The predicted octanol–water partition coefficient (Wildman–Crippen LogP) is 0.315. The molecule has 1 unspecified atom stereocenters. The van der Waals surface area contributed by atoms with Crippen LogP contribution < -0.4 is 0 Å². The third kappa shape index (κ3) is 3.46. The molecule has 1 N–H and O–H groups in total. The standard InChI is InChI=1S/C14H25N3O2/c18-14(19)11-15-5-1-6-16(9-8-15)13-4-7-17(10-13)12-2-3-12/h12-13H,1-11H2,(H,18,19). The number of rotatable bonds is 4. The first-order valence-electron chi connectivity index (χ1n) is 7.64. The van der Waals surface area contributed by atoms with Crippen molar-refractivity contribution >= 4 is 5.97 Å². The van der Waals surface area contributed by atoms with Gasteiger partial charge in [0.05, 0.1) is 6.54 Å². The van der Waals surface area contributed by atoms with E-state index in [4.69, 9.17) is 5.11 Å². The van der Waals surface area contributed by atoms with Gasteiger partial charge in [0.1, 0.15) is 0 Å². The van der Waals surface area contributed by atoms with Crippen LogP contribution in [0.1, 0.15) is 25.7 Å². The average molecular weight is 267 g/mol. The first-order valence-corrected chi connectivity index (χ1v) is 7.64. The molecule has 3 rings (SSSR count). The van der Waals surface area contributed by atoms with Crippen LogP contribution in [0.25, 0.3) is 0 Å². The minimum atomic E-state index is -0.700. The first-order chi connectivity index (χ1) is 9.22. The van der Waals surface area contributed by atoms with Crippen LogP contribution in [-0.2, 0) is 4.79 Å². The van der Waals surface area contributed by atoms with Gasteiger partial charge in [0.15, 0.2) is 0 Å². The molecular weight excluding hydrogens is 242 g/mol. The van der Waals surface area contributed by atoms with Crippen LogP contribution >= 0.6 is 0 Å². The Morgan fingerprint density at radius 3 is 2.53 bits per heavy atom.